The predicted octanol–water partition coefficient (Wildman–Crippen LogP) is 1.66. The maximum atomic E-state index is 8.50. The van der Waals surface area contributed by atoms with Crippen molar-refractivity contribution in [2.24, 2.45) is 0 Å². The quantitative estimate of drug-likeness (QED) is 0.740. The Morgan fingerprint density at radius 1 is 0.929 bits per heavy atom. The number of nitrogens with zero attached hydrogens (tertiary/aromatic N) is 2. The first-order chi connectivity index (χ1) is 6.93. The minimum atomic E-state index is 0.0772. The van der Waals surface area contributed by atoms with Crippen molar-refractivity contribution < 1.29 is 5.11 Å². The van der Waals surface area contributed by atoms with Crippen LogP contribution in [0, 0.1) is 0 Å². The van der Waals surface area contributed by atoms with Crippen molar-refractivity contribution in [1.82, 2.24) is 9.97 Å². The van der Waals surface area contributed by atoms with E-state index in [0.717, 1.165) is 5.56 Å². The van der Waals surface area contributed by atoms with Gasteiger partial charge in [-0.25, -0.2) is 0 Å². The second-order valence-corrected chi connectivity index (χ2v) is 2.54. The molecule has 1 N–H and O–H groups in total. The first-order valence-corrected chi connectivity index (χ1v) is 4.28. The van der Waals surface area contributed by atoms with Crippen molar-refractivity contribution in [2.75, 3.05) is 0 Å². The van der Waals surface area contributed by atoms with Gasteiger partial charge in [0.25, 0.3) is 0 Å². The first kappa shape index (κ1) is 10.3. The molecule has 0 spiro atoms. The van der Waals surface area contributed by atoms with Gasteiger partial charge in [0.05, 0.1) is 6.61 Å². The number of rotatable bonds is 1. The fourth-order valence-corrected chi connectivity index (χ4v) is 0.804. The molecule has 2 aromatic rings. The van der Waals surface area contributed by atoms with Gasteiger partial charge < -0.3 is 5.11 Å². The predicted molar refractivity (Wildman–Crippen MR) is 54.4 cm³/mol. The van der Waals surface area contributed by atoms with Crippen LogP contribution in [-0.4, -0.2) is 15.1 Å². The molecule has 3 nitrogen and oxygen atoms in total. The second kappa shape index (κ2) is 6.74. The van der Waals surface area contributed by atoms with E-state index in [-0.39, 0.29) is 6.61 Å². The van der Waals surface area contributed by atoms with Gasteiger partial charge in [-0.05, 0) is 23.8 Å². The molecular weight excluding hydrogens is 176 g/mol. The van der Waals surface area contributed by atoms with Crippen molar-refractivity contribution in [3.05, 3.63) is 60.7 Å². The Morgan fingerprint density at radius 2 is 1.64 bits per heavy atom. The Balaban J connectivity index is 0.000000146. The average molecular weight is 188 g/mol. The Hall–Kier alpha value is -1.74. The van der Waals surface area contributed by atoms with E-state index >= 15 is 0 Å². The van der Waals surface area contributed by atoms with Gasteiger partial charge >= 0.3 is 0 Å². The highest BCUT2D eigenvalue weighted by molar-refractivity contribution is 5.06. The van der Waals surface area contributed by atoms with E-state index in [1.807, 2.05) is 24.3 Å². The molecular formula is C11H12N2O. The minimum absolute atomic E-state index is 0.0772. The molecule has 0 aromatic carbocycles. The van der Waals surface area contributed by atoms with Gasteiger partial charge in [-0.1, -0.05) is 12.1 Å². The number of hydrogen-bond acceptors (Lipinski definition) is 3. The maximum Gasteiger partial charge on any atom is 0.0696 e. The van der Waals surface area contributed by atoms with Crippen LogP contribution in [0.5, 0.6) is 0 Å². The van der Waals surface area contributed by atoms with E-state index in [1.165, 1.54) is 0 Å². The monoisotopic (exact) mass is 188 g/mol. The summed E-state index contributed by atoms with van der Waals surface area (Å²) < 4.78 is 0. The third-order valence-electron chi connectivity index (χ3n) is 1.47. The largest absolute Gasteiger partial charge is 0.392 e. The smallest absolute Gasteiger partial charge is 0.0696 e. The van der Waals surface area contributed by atoms with Gasteiger partial charge in [0.1, 0.15) is 0 Å². The molecule has 0 bridgehead atoms. The van der Waals surface area contributed by atoms with Crippen molar-refractivity contribution in [3.63, 3.8) is 0 Å². The lowest BCUT2D eigenvalue weighted by Gasteiger charge is -1.88. The number of aromatic nitrogens is 2. The Kier molecular flexibility index (Phi) is 4.98. The number of aliphatic hydroxyl groups is 1. The molecule has 0 amide bonds. The lowest BCUT2D eigenvalue weighted by molar-refractivity contribution is 0.281. The lowest BCUT2D eigenvalue weighted by atomic mass is 10.3. The van der Waals surface area contributed by atoms with Gasteiger partial charge in [0.2, 0.25) is 0 Å². The highest BCUT2D eigenvalue weighted by Crippen LogP contribution is 1.92. The molecule has 0 aliphatic heterocycles. The molecule has 2 aromatic heterocycles. The van der Waals surface area contributed by atoms with Crippen molar-refractivity contribution in [1.29, 1.82) is 0 Å². The van der Waals surface area contributed by atoms with Gasteiger partial charge in [0.15, 0.2) is 0 Å². The summed E-state index contributed by atoms with van der Waals surface area (Å²) >= 11 is 0. The fourth-order valence-electron chi connectivity index (χ4n) is 0.804. The van der Waals surface area contributed by atoms with E-state index in [1.54, 1.807) is 30.9 Å². The van der Waals surface area contributed by atoms with Gasteiger partial charge in [-0.2, -0.15) is 0 Å². The molecule has 0 aliphatic rings. The summed E-state index contributed by atoms with van der Waals surface area (Å²) in [5.41, 5.74) is 0.854. The molecule has 3 heteroatoms. The van der Waals surface area contributed by atoms with Crippen LogP contribution < -0.4 is 0 Å². The summed E-state index contributed by atoms with van der Waals surface area (Å²) in [7, 11) is 0. The molecule has 2 heterocycles. The zero-order valence-corrected chi connectivity index (χ0v) is 7.74. The normalized spacial score (nSPS) is 8.64. The molecule has 0 aliphatic carbocycles. The second-order valence-electron chi connectivity index (χ2n) is 2.54. The van der Waals surface area contributed by atoms with Crippen LogP contribution in [0.4, 0.5) is 0 Å². The lowest BCUT2D eigenvalue weighted by Crippen LogP contribution is -1.80. The molecule has 14 heavy (non-hydrogen) atoms. The third kappa shape index (κ3) is 4.33. The fraction of sp³-hybridized carbons (Fsp3) is 0.0909. The van der Waals surface area contributed by atoms with E-state index < -0.39 is 0 Å². The molecule has 0 saturated heterocycles. The average Bonchev–Trinajstić information content (AvgIpc) is 2.33. The third-order valence-corrected chi connectivity index (χ3v) is 1.47. The van der Waals surface area contributed by atoms with Crippen LogP contribution >= 0.6 is 0 Å². The van der Waals surface area contributed by atoms with Crippen LogP contribution in [-0.2, 0) is 6.61 Å². The molecule has 2 rings (SSSR count). The number of hydrogen-bond donors (Lipinski definition) is 1. The van der Waals surface area contributed by atoms with E-state index in [2.05, 4.69) is 9.97 Å². The van der Waals surface area contributed by atoms with E-state index in [0.29, 0.717) is 0 Å². The number of aliphatic hydroxyl groups excluding tert-OH is 1. The molecule has 0 atom stereocenters. The van der Waals surface area contributed by atoms with Gasteiger partial charge in [-0.15, -0.1) is 0 Å². The molecule has 0 fully saturated rings. The minimum Gasteiger partial charge on any atom is -0.392 e. The van der Waals surface area contributed by atoms with Crippen LogP contribution in [0.1, 0.15) is 5.56 Å². The summed E-state index contributed by atoms with van der Waals surface area (Å²) in [6.45, 7) is 0.0772. The molecule has 72 valence electrons. The maximum absolute atomic E-state index is 8.50. The Morgan fingerprint density at radius 3 is 1.93 bits per heavy atom. The molecule has 0 saturated carbocycles. The summed E-state index contributed by atoms with van der Waals surface area (Å²) in [5.74, 6) is 0. The molecule has 0 radical (unpaired) electrons. The Bertz CT molecular complexity index is 297. The summed E-state index contributed by atoms with van der Waals surface area (Å²) in [6, 6.07) is 9.34. The number of pyridine rings is 2. The van der Waals surface area contributed by atoms with Crippen LogP contribution in [0.2, 0.25) is 0 Å². The topological polar surface area (TPSA) is 46.0 Å². The highest BCUT2D eigenvalue weighted by atomic mass is 16.3. The van der Waals surface area contributed by atoms with E-state index in [4.69, 9.17) is 5.11 Å². The standard InChI is InChI=1S/C6H7NO.C5H5N/c8-5-6-2-1-3-7-4-6;1-2-4-6-5-3-1/h1-4,8H,5H2;1-5H. The van der Waals surface area contributed by atoms with E-state index in [9.17, 15) is 0 Å². The Labute approximate surface area is 83.1 Å². The zero-order valence-electron chi connectivity index (χ0n) is 7.74. The highest BCUT2D eigenvalue weighted by Gasteiger charge is 1.82. The van der Waals surface area contributed by atoms with Crippen LogP contribution in [0.25, 0.3) is 0 Å². The summed E-state index contributed by atoms with van der Waals surface area (Å²) in [5, 5.41) is 8.50. The zero-order chi connectivity index (χ0) is 10.1. The van der Waals surface area contributed by atoms with Crippen molar-refractivity contribution in [2.45, 2.75) is 6.61 Å². The van der Waals surface area contributed by atoms with Crippen LogP contribution in [0.3, 0.4) is 0 Å². The SMILES string of the molecule is OCc1cccnc1.c1ccncc1. The molecule has 0 unspecified atom stereocenters. The van der Waals surface area contributed by atoms with Crippen molar-refractivity contribution >= 4 is 0 Å². The van der Waals surface area contributed by atoms with Crippen LogP contribution in [0.15, 0.2) is 55.1 Å². The first-order valence-electron chi connectivity index (χ1n) is 4.28. The summed E-state index contributed by atoms with van der Waals surface area (Å²) in [6.07, 6.45) is 6.82. The summed E-state index contributed by atoms with van der Waals surface area (Å²) in [4.78, 5) is 7.58. The van der Waals surface area contributed by atoms with Gasteiger partial charge in [-0.3, -0.25) is 9.97 Å². The van der Waals surface area contributed by atoms with Gasteiger partial charge in [0, 0.05) is 24.8 Å². The van der Waals surface area contributed by atoms with Crippen molar-refractivity contribution in [3.8, 4) is 0 Å².